The summed E-state index contributed by atoms with van der Waals surface area (Å²) in [7, 11) is 4.00. The Morgan fingerprint density at radius 1 is 0.968 bits per heavy atom. The minimum absolute atomic E-state index is 0.0350. The highest BCUT2D eigenvalue weighted by molar-refractivity contribution is 6.31. The number of rotatable bonds is 6. The smallest absolute Gasteiger partial charge is 0.185 e. The summed E-state index contributed by atoms with van der Waals surface area (Å²) in [4.78, 5) is 18.9. The molecule has 154 valence electrons. The quantitative estimate of drug-likeness (QED) is 0.278. The number of carbonyl (C=O) groups is 1. The van der Waals surface area contributed by atoms with E-state index in [1.165, 1.54) is 0 Å². The summed E-state index contributed by atoms with van der Waals surface area (Å²) >= 11 is 6.06. The van der Waals surface area contributed by atoms with Crippen LogP contribution in [0.3, 0.4) is 0 Å². The summed E-state index contributed by atoms with van der Waals surface area (Å²) in [6.45, 7) is 0. The molecule has 0 bridgehead atoms. The zero-order valence-electron chi connectivity index (χ0n) is 17.3. The Kier molecular flexibility index (Phi) is 6.01. The van der Waals surface area contributed by atoms with Crippen molar-refractivity contribution in [3.63, 3.8) is 0 Å². The van der Waals surface area contributed by atoms with E-state index >= 15 is 0 Å². The van der Waals surface area contributed by atoms with Gasteiger partial charge in [0.2, 0.25) is 0 Å². The molecule has 0 saturated heterocycles. The van der Waals surface area contributed by atoms with Crippen LogP contribution in [-0.2, 0) is 0 Å². The number of carbonyl (C=O) groups excluding carboxylic acids is 1. The zero-order valence-corrected chi connectivity index (χ0v) is 18.1. The summed E-state index contributed by atoms with van der Waals surface area (Å²) in [5, 5.41) is 5.02. The summed E-state index contributed by atoms with van der Waals surface area (Å²) < 4.78 is 0. The van der Waals surface area contributed by atoms with Crippen LogP contribution in [0.1, 0.15) is 15.9 Å². The molecule has 1 aromatic heterocycles. The average molecular weight is 428 g/mol. The van der Waals surface area contributed by atoms with Gasteiger partial charge < -0.3 is 10.2 Å². The molecule has 0 unspecified atom stereocenters. The molecule has 0 atom stereocenters. The standard InChI is InChI=1S/C26H22ClN3O/c1-30(2)22-11-3-18(4-12-22)5-14-26(31)19-6-9-21(10-7-19)29-24-15-16-28-25-17-20(27)8-13-23(24)25/h3-17H,1-2H3,(H,28,29). The van der Waals surface area contributed by atoms with Crippen molar-refractivity contribution in [2.45, 2.75) is 0 Å². The maximum absolute atomic E-state index is 12.5. The molecule has 0 saturated carbocycles. The van der Waals surface area contributed by atoms with Gasteiger partial charge in [0.15, 0.2) is 5.78 Å². The molecule has 0 radical (unpaired) electrons. The van der Waals surface area contributed by atoms with Crippen molar-refractivity contribution in [2.24, 2.45) is 0 Å². The number of pyridine rings is 1. The number of hydrogen-bond donors (Lipinski definition) is 1. The zero-order chi connectivity index (χ0) is 21.8. The van der Waals surface area contributed by atoms with Gasteiger partial charge in [-0.05, 0) is 72.3 Å². The molecule has 4 aromatic rings. The molecule has 31 heavy (non-hydrogen) atoms. The normalized spacial score (nSPS) is 11.1. The SMILES string of the molecule is CN(C)c1ccc(C=CC(=O)c2ccc(Nc3ccnc4cc(Cl)ccc34)cc2)cc1. The van der Waals surface area contributed by atoms with Gasteiger partial charge in [-0.2, -0.15) is 0 Å². The monoisotopic (exact) mass is 427 g/mol. The maximum atomic E-state index is 12.5. The van der Waals surface area contributed by atoms with Gasteiger partial charge in [-0.1, -0.05) is 29.8 Å². The van der Waals surface area contributed by atoms with Crippen molar-refractivity contribution in [3.05, 3.63) is 101 Å². The first-order valence-corrected chi connectivity index (χ1v) is 10.3. The van der Waals surface area contributed by atoms with E-state index in [0.717, 1.165) is 33.5 Å². The molecular formula is C26H22ClN3O. The molecular weight excluding hydrogens is 406 g/mol. The first-order chi connectivity index (χ1) is 15.0. The van der Waals surface area contributed by atoms with Crippen LogP contribution in [0.5, 0.6) is 0 Å². The average Bonchev–Trinajstić information content (AvgIpc) is 2.78. The Balaban J connectivity index is 1.46. The van der Waals surface area contributed by atoms with Crippen molar-refractivity contribution in [1.29, 1.82) is 0 Å². The van der Waals surface area contributed by atoms with E-state index in [2.05, 4.69) is 10.3 Å². The molecule has 4 nitrogen and oxygen atoms in total. The lowest BCUT2D eigenvalue weighted by molar-refractivity contribution is 0.104. The van der Waals surface area contributed by atoms with Gasteiger partial charge in [0.1, 0.15) is 0 Å². The Bertz CT molecular complexity index is 1250. The van der Waals surface area contributed by atoms with Crippen LogP contribution in [0.25, 0.3) is 17.0 Å². The Hall–Kier alpha value is -3.63. The minimum atomic E-state index is -0.0350. The number of allylic oxidation sites excluding steroid dienone is 1. The highest BCUT2D eigenvalue weighted by Gasteiger charge is 2.05. The number of ketones is 1. The largest absolute Gasteiger partial charge is 0.378 e. The van der Waals surface area contributed by atoms with E-state index in [-0.39, 0.29) is 5.78 Å². The van der Waals surface area contributed by atoms with Crippen molar-refractivity contribution >= 4 is 51.4 Å². The number of aromatic nitrogens is 1. The molecule has 3 aromatic carbocycles. The van der Waals surface area contributed by atoms with Gasteiger partial charge in [0.05, 0.1) is 5.52 Å². The highest BCUT2D eigenvalue weighted by atomic mass is 35.5. The fraction of sp³-hybridized carbons (Fsp3) is 0.0769. The molecule has 0 fully saturated rings. The van der Waals surface area contributed by atoms with Crippen LogP contribution in [0, 0.1) is 0 Å². The predicted octanol–water partition coefficient (Wildman–Crippen LogP) is 6.59. The van der Waals surface area contributed by atoms with Crippen LogP contribution < -0.4 is 10.2 Å². The Morgan fingerprint density at radius 3 is 2.42 bits per heavy atom. The third kappa shape index (κ3) is 4.93. The first kappa shape index (κ1) is 20.6. The minimum Gasteiger partial charge on any atom is -0.378 e. The molecule has 1 N–H and O–H groups in total. The summed E-state index contributed by atoms with van der Waals surface area (Å²) in [6, 6.07) is 23.0. The lowest BCUT2D eigenvalue weighted by atomic mass is 10.1. The van der Waals surface area contributed by atoms with E-state index in [1.54, 1.807) is 12.3 Å². The fourth-order valence-corrected chi connectivity index (χ4v) is 3.42. The van der Waals surface area contributed by atoms with Gasteiger partial charge in [0, 0.05) is 53.3 Å². The number of fused-ring (bicyclic) bond motifs is 1. The summed E-state index contributed by atoms with van der Waals surface area (Å²) in [6.07, 6.45) is 5.18. The number of nitrogens with one attached hydrogen (secondary N) is 1. The van der Waals surface area contributed by atoms with Crippen LogP contribution in [0.2, 0.25) is 5.02 Å². The summed E-state index contributed by atoms with van der Waals surface area (Å²) in [5.41, 5.74) is 5.40. The van der Waals surface area contributed by atoms with Crippen molar-refractivity contribution in [2.75, 3.05) is 24.3 Å². The Morgan fingerprint density at radius 2 is 1.71 bits per heavy atom. The third-order valence-electron chi connectivity index (χ3n) is 4.99. The van der Waals surface area contributed by atoms with Gasteiger partial charge in [0.25, 0.3) is 0 Å². The second kappa shape index (κ2) is 9.02. The maximum Gasteiger partial charge on any atom is 0.185 e. The molecule has 1 heterocycles. The van der Waals surface area contributed by atoms with Crippen molar-refractivity contribution < 1.29 is 4.79 Å². The number of halogens is 1. The van der Waals surface area contributed by atoms with E-state index in [4.69, 9.17) is 11.6 Å². The van der Waals surface area contributed by atoms with Gasteiger partial charge in [-0.25, -0.2) is 0 Å². The molecule has 0 aliphatic heterocycles. The lowest BCUT2D eigenvalue weighted by Crippen LogP contribution is -2.07. The van der Waals surface area contributed by atoms with Gasteiger partial charge >= 0.3 is 0 Å². The topological polar surface area (TPSA) is 45.2 Å². The summed E-state index contributed by atoms with van der Waals surface area (Å²) in [5.74, 6) is -0.0350. The lowest BCUT2D eigenvalue weighted by Gasteiger charge is -2.11. The fourth-order valence-electron chi connectivity index (χ4n) is 3.26. The van der Waals surface area contributed by atoms with E-state index in [0.29, 0.717) is 10.6 Å². The molecule has 0 aliphatic carbocycles. The molecule has 0 aliphatic rings. The van der Waals surface area contributed by atoms with Crippen LogP contribution in [-0.4, -0.2) is 24.9 Å². The van der Waals surface area contributed by atoms with E-state index in [1.807, 2.05) is 97.9 Å². The number of nitrogens with zero attached hydrogens (tertiary/aromatic N) is 2. The molecule has 0 spiro atoms. The van der Waals surface area contributed by atoms with Crippen LogP contribution in [0.15, 0.2) is 85.1 Å². The van der Waals surface area contributed by atoms with Crippen LogP contribution >= 0.6 is 11.6 Å². The Labute approximate surface area is 186 Å². The van der Waals surface area contributed by atoms with Crippen LogP contribution in [0.4, 0.5) is 17.1 Å². The second-order valence-corrected chi connectivity index (χ2v) is 7.84. The third-order valence-corrected chi connectivity index (χ3v) is 5.22. The second-order valence-electron chi connectivity index (χ2n) is 7.41. The first-order valence-electron chi connectivity index (χ1n) is 9.91. The van der Waals surface area contributed by atoms with E-state index < -0.39 is 0 Å². The molecule has 5 heteroatoms. The van der Waals surface area contributed by atoms with Crippen molar-refractivity contribution in [1.82, 2.24) is 4.98 Å². The predicted molar refractivity (Wildman–Crippen MR) is 131 cm³/mol. The van der Waals surface area contributed by atoms with E-state index in [9.17, 15) is 4.79 Å². The number of benzene rings is 3. The van der Waals surface area contributed by atoms with Gasteiger partial charge in [-0.15, -0.1) is 0 Å². The van der Waals surface area contributed by atoms with Gasteiger partial charge in [-0.3, -0.25) is 9.78 Å². The molecule has 4 rings (SSSR count). The highest BCUT2D eigenvalue weighted by Crippen LogP contribution is 2.27. The molecule has 0 amide bonds. The number of anilines is 3. The van der Waals surface area contributed by atoms with Crippen molar-refractivity contribution in [3.8, 4) is 0 Å². The number of hydrogen-bond acceptors (Lipinski definition) is 4.